The minimum Gasteiger partial charge on any atom is -0.346 e. The molecule has 3 heteroatoms. The Balaban J connectivity index is 2.53. The average Bonchev–Trinajstić information content (AvgIpc) is 2.62. The number of hydrogen-bond acceptors (Lipinski definition) is 2. The number of nitrogens with two attached hydrogens (primary N) is 1. The molecule has 2 aromatic heterocycles. The standard InChI is InChI=1S/C11H13N3/c1-8(6-12)5-9-7-14-11-10(9)3-2-4-13-11/h2-5,7H,6,12H2,1H3,(H,13,14). The summed E-state index contributed by atoms with van der Waals surface area (Å²) >= 11 is 0. The number of hydrogen-bond donors (Lipinski definition) is 2. The molecule has 0 atom stereocenters. The van der Waals surface area contributed by atoms with E-state index in [0.29, 0.717) is 6.54 Å². The Kier molecular flexibility index (Phi) is 2.33. The number of pyridine rings is 1. The Hall–Kier alpha value is -1.61. The highest BCUT2D eigenvalue weighted by Crippen LogP contribution is 2.17. The van der Waals surface area contributed by atoms with Crippen LogP contribution in [0.1, 0.15) is 12.5 Å². The lowest BCUT2D eigenvalue weighted by atomic mass is 10.1. The molecule has 0 aliphatic carbocycles. The molecular formula is C11H13N3. The van der Waals surface area contributed by atoms with E-state index >= 15 is 0 Å². The molecule has 0 fully saturated rings. The molecule has 0 saturated heterocycles. The lowest BCUT2D eigenvalue weighted by Gasteiger charge is -1.94. The molecule has 0 amide bonds. The fourth-order valence-electron chi connectivity index (χ4n) is 1.42. The lowest BCUT2D eigenvalue weighted by Crippen LogP contribution is -1.98. The summed E-state index contributed by atoms with van der Waals surface area (Å²) in [5, 5.41) is 1.14. The van der Waals surface area contributed by atoms with Crippen molar-refractivity contribution in [2.24, 2.45) is 5.73 Å². The molecule has 72 valence electrons. The van der Waals surface area contributed by atoms with E-state index in [-0.39, 0.29) is 0 Å². The molecule has 3 N–H and O–H groups in total. The summed E-state index contributed by atoms with van der Waals surface area (Å²) in [6.07, 6.45) is 5.82. The molecule has 0 aromatic carbocycles. The number of nitrogens with one attached hydrogen (secondary N) is 1. The zero-order valence-corrected chi connectivity index (χ0v) is 8.12. The van der Waals surface area contributed by atoms with Crippen LogP contribution >= 0.6 is 0 Å². The summed E-state index contributed by atoms with van der Waals surface area (Å²) in [4.78, 5) is 7.34. The lowest BCUT2D eigenvalue weighted by molar-refractivity contribution is 1.15. The van der Waals surface area contributed by atoms with Crippen molar-refractivity contribution in [3.63, 3.8) is 0 Å². The first-order valence-electron chi connectivity index (χ1n) is 4.60. The second kappa shape index (κ2) is 3.64. The average molecular weight is 187 g/mol. The highest BCUT2D eigenvalue weighted by atomic mass is 14.8. The van der Waals surface area contributed by atoms with Crippen LogP contribution in [-0.4, -0.2) is 16.5 Å². The van der Waals surface area contributed by atoms with Crippen LogP contribution in [0.3, 0.4) is 0 Å². The SMILES string of the molecule is CC(=Cc1c[nH]c2ncccc12)CN. The zero-order chi connectivity index (χ0) is 9.97. The maximum Gasteiger partial charge on any atom is 0.137 e. The fraction of sp³-hybridized carbons (Fsp3) is 0.182. The first-order chi connectivity index (χ1) is 6.81. The van der Waals surface area contributed by atoms with Crippen LogP contribution < -0.4 is 5.73 Å². The summed E-state index contributed by atoms with van der Waals surface area (Å²) in [7, 11) is 0. The Bertz CT molecular complexity index is 468. The second-order valence-corrected chi connectivity index (χ2v) is 3.34. The maximum absolute atomic E-state index is 5.54. The topological polar surface area (TPSA) is 54.7 Å². The summed E-state index contributed by atoms with van der Waals surface area (Å²) in [5.74, 6) is 0. The van der Waals surface area contributed by atoms with Gasteiger partial charge in [-0.15, -0.1) is 0 Å². The van der Waals surface area contributed by atoms with Gasteiger partial charge < -0.3 is 10.7 Å². The third kappa shape index (κ3) is 1.54. The Morgan fingerprint density at radius 2 is 2.50 bits per heavy atom. The van der Waals surface area contributed by atoms with Gasteiger partial charge in [0.05, 0.1) is 0 Å². The van der Waals surface area contributed by atoms with Gasteiger partial charge in [0.15, 0.2) is 0 Å². The normalized spacial score (nSPS) is 12.3. The molecule has 0 radical (unpaired) electrons. The third-order valence-corrected chi connectivity index (χ3v) is 2.21. The molecule has 0 bridgehead atoms. The Morgan fingerprint density at radius 1 is 1.64 bits per heavy atom. The molecule has 0 aliphatic heterocycles. The van der Waals surface area contributed by atoms with Gasteiger partial charge in [-0.1, -0.05) is 11.6 Å². The highest BCUT2D eigenvalue weighted by molar-refractivity contribution is 5.86. The van der Waals surface area contributed by atoms with E-state index in [4.69, 9.17) is 5.73 Å². The first kappa shape index (κ1) is 8.97. The summed E-state index contributed by atoms with van der Waals surface area (Å²) in [5.41, 5.74) is 8.77. The molecule has 2 rings (SSSR count). The van der Waals surface area contributed by atoms with Crippen LogP contribution in [0.25, 0.3) is 17.1 Å². The number of aromatic amines is 1. The van der Waals surface area contributed by atoms with Crippen LogP contribution in [0.2, 0.25) is 0 Å². The quantitative estimate of drug-likeness (QED) is 0.754. The molecular weight excluding hydrogens is 174 g/mol. The molecule has 0 aliphatic rings. The van der Waals surface area contributed by atoms with Gasteiger partial charge in [-0.3, -0.25) is 0 Å². The molecule has 3 nitrogen and oxygen atoms in total. The number of fused-ring (bicyclic) bond motifs is 1. The van der Waals surface area contributed by atoms with Crippen molar-refractivity contribution in [1.82, 2.24) is 9.97 Å². The van der Waals surface area contributed by atoms with E-state index in [9.17, 15) is 0 Å². The predicted molar refractivity (Wildman–Crippen MR) is 58.8 cm³/mol. The van der Waals surface area contributed by atoms with Crippen LogP contribution in [-0.2, 0) is 0 Å². The van der Waals surface area contributed by atoms with Crippen LogP contribution in [0, 0.1) is 0 Å². The number of H-pyrrole nitrogens is 1. The van der Waals surface area contributed by atoms with Crippen LogP contribution in [0.5, 0.6) is 0 Å². The van der Waals surface area contributed by atoms with Crippen LogP contribution in [0.4, 0.5) is 0 Å². The minimum atomic E-state index is 0.590. The van der Waals surface area contributed by atoms with Gasteiger partial charge in [0.25, 0.3) is 0 Å². The van der Waals surface area contributed by atoms with Crippen molar-refractivity contribution in [3.8, 4) is 0 Å². The fourth-order valence-corrected chi connectivity index (χ4v) is 1.42. The molecule has 0 saturated carbocycles. The molecule has 0 unspecified atom stereocenters. The van der Waals surface area contributed by atoms with Gasteiger partial charge in [0.1, 0.15) is 5.65 Å². The van der Waals surface area contributed by atoms with Crippen molar-refractivity contribution >= 4 is 17.1 Å². The van der Waals surface area contributed by atoms with Crippen molar-refractivity contribution in [2.75, 3.05) is 6.54 Å². The van der Waals surface area contributed by atoms with E-state index in [1.807, 2.05) is 19.2 Å². The van der Waals surface area contributed by atoms with E-state index in [1.54, 1.807) is 6.20 Å². The van der Waals surface area contributed by atoms with Crippen LogP contribution in [0.15, 0.2) is 30.1 Å². The van der Waals surface area contributed by atoms with Gasteiger partial charge in [0, 0.05) is 29.9 Å². The van der Waals surface area contributed by atoms with E-state index in [1.165, 1.54) is 0 Å². The summed E-state index contributed by atoms with van der Waals surface area (Å²) in [6, 6.07) is 3.99. The Labute approximate surface area is 82.7 Å². The minimum absolute atomic E-state index is 0.590. The van der Waals surface area contributed by atoms with Crippen molar-refractivity contribution in [1.29, 1.82) is 0 Å². The molecule has 0 spiro atoms. The largest absolute Gasteiger partial charge is 0.346 e. The van der Waals surface area contributed by atoms with Gasteiger partial charge in [-0.05, 0) is 19.1 Å². The summed E-state index contributed by atoms with van der Waals surface area (Å²) < 4.78 is 0. The van der Waals surface area contributed by atoms with Crippen molar-refractivity contribution < 1.29 is 0 Å². The predicted octanol–water partition coefficient (Wildman–Crippen LogP) is 1.92. The van der Waals surface area contributed by atoms with E-state index < -0.39 is 0 Å². The van der Waals surface area contributed by atoms with E-state index in [2.05, 4.69) is 22.1 Å². The Morgan fingerprint density at radius 3 is 3.29 bits per heavy atom. The monoisotopic (exact) mass is 187 g/mol. The first-order valence-corrected chi connectivity index (χ1v) is 4.60. The second-order valence-electron chi connectivity index (χ2n) is 3.34. The third-order valence-electron chi connectivity index (χ3n) is 2.21. The van der Waals surface area contributed by atoms with Crippen molar-refractivity contribution in [2.45, 2.75) is 6.92 Å². The molecule has 14 heavy (non-hydrogen) atoms. The smallest absolute Gasteiger partial charge is 0.137 e. The van der Waals surface area contributed by atoms with Gasteiger partial charge in [0.2, 0.25) is 0 Å². The number of rotatable bonds is 2. The van der Waals surface area contributed by atoms with Crippen molar-refractivity contribution in [3.05, 3.63) is 35.7 Å². The van der Waals surface area contributed by atoms with Gasteiger partial charge in [-0.2, -0.15) is 0 Å². The molecule has 2 aromatic rings. The number of nitrogens with zero attached hydrogens (tertiary/aromatic N) is 1. The van der Waals surface area contributed by atoms with E-state index in [0.717, 1.165) is 22.2 Å². The summed E-state index contributed by atoms with van der Waals surface area (Å²) in [6.45, 7) is 2.61. The maximum atomic E-state index is 5.54. The van der Waals surface area contributed by atoms with Gasteiger partial charge >= 0.3 is 0 Å². The highest BCUT2D eigenvalue weighted by Gasteiger charge is 2.00. The van der Waals surface area contributed by atoms with Gasteiger partial charge in [-0.25, -0.2) is 4.98 Å². The number of aromatic nitrogens is 2. The molecule has 2 heterocycles. The zero-order valence-electron chi connectivity index (χ0n) is 8.12.